The number of anilines is 1. The molecule has 0 aliphatic carbocycles. The minimum absolute atomic E-state index is 0.201. The molecule has 0 aliphatic heterocycles. The van der Waals surface area contributed by atoms with E-state index in [1.807, 2.05) is 52.3 Å². The van der Waals surface area contributed by atoms with Crippen molar-refractivity contribution >= 4 is 22.1 Å². The van der Waals surface area contributed by atoms with Gasteiger partial charge in [-0.1, -0.05) is 12.1 Å². The van der Waals surface area contributed by atoms with Crippen molar-refractivity contribution in [2.45, 2.75) is 6.92 Å². The van der Waals surface area contributed by atoms with E-state index >= 15 is 0 Å². The van der Waals surface area contributed by atoms with Crippen LogP contribution in [0.1, 0.15) is 5.56 Å². The van der Waals surface area contributed by atoms with E-state index in [0.717, 1.165) is 18.4 Å². The summed E-state index contributed by atoms with van der Waals surface area (Å²) < 4.78 is 31.4. The first-order valence-electron chi connectivity index (χ1n) is 5.92. The molecule has 120 valence electrons. The topological polar surface area (TPSA) is 108 Å². The van der Waals surface area contributed by atoms with Gasteiger partial charge in [-0.15, -0.1) is 0 Å². The maximum Gasteiger partial charge on any atom is 0.363 e. The van der Waals surface area contributed by atoms with Gasteiger partial charge in [0, 0.05) is 5.69 Å². The Morgan fingerprint density at radius 2 is 1.81 bits per heavy atom. The van der Waals surface area contributed by atoms with E-state index < -0.39 is 10.4 Å². The lowest BCUT2D eigenvalue weighted by molar-refractivity contribution is -0.905. The van der Waals surface area contributed by atoms with Crippen LogP contribution in [-0.4, -0.2) is 51.8 Å². The second-order valence-electron chi connectivity index (χ2n) is 5.02. The Bertz CT molecular complexity index is 567. The highest BCUT2D eigenvalue weighted by atomic mass is 32.3. The first-order chi connectivity index (χ1) is 9.43. The summed E-state index contributed by atoms with van der Waals surface area (Å²) in [5, 5.41) is 2.77. The average molecular weight is 319 g/mol. The lowest BCUT2D eigenvalue weighted by atomic mass is 10.2. The number of carbonyl (C=O) groups excluding carboxylic acids is 1. The van der Waals surface area contributed by atoms with Crippen LogP contribution in [-0.2, 0) is 14.6 Å². The van der Waals surface area contributed by atoms with Gasteiger partial charge in [-0.25, -0.2) is 17.8 Å². The number of quaternary nitrogens is 1. The molecule has 8 nitrogen and oxygen atoms in total. The molecule has 0 fully saturated rings. The van der Waals surface area contributed by atoms with Crippen molar-refractivity contribution in [3.63, 3.8) is 0 Å². The van der Waals surface area contributed by atoms with E-state index in [1.54, 1.807) is 0 Å². The molecule has 0 saturated heterocycles. The van der Waals surface area contributed by atoms with Crippen LogP contribution in [0.3, 0.4) is 0 Å². The number of benzene rings is 1. The zero-order chi connectivity index (χ0) is 16.7. The first kappa shape index (κ1) is 19.3. The van der Waals surface area contributed by atoms with Crippen LogP contribution in [0.15, 0.2) is 24.3 Å². The minimum atomic E-state index is -4.41. The van der Waals surface area contributed by atoms with Gasteiger partial charge < -0.3 is 9.87 Å². The molecule has 0 atom stereocenters. The molecule has 2 N–H and O–H groups in total. The lowest BCUT2D eigenvalue weighted by Crippen LogP contribution is -2.52. The highest BCUT2D eigenvalue weighted by Crippen LogP contribution is 2.09. The molecule has 0 heterocycles. The molecule has 9 heteroatoms. The van der Waals surface area contributed by atoms with Crippen LogP contribution in [0, 0.1) is 6.92 Å². The minimum Gasteiger partial charge on any atom is -0.726 e. The quantitative estimate of drug-likeness (QED) is 0.371. The van der Waals surface area contributed by atoms with Crippen LogP contribution >= 0.6 is 0 Å². The largest absolute Gasteiger partial charge is 0.726 e. The molecule has 1 aromatic rings. The summed E-state index contributed by atoms with van der Waals surface area (Å²) >= 11 is 0. The Kier molecular flexibility index (Phi) is 7.30. The number of urea groups is 1. The van der Waals surface area contributed by atoms with Crippen LogP contribution in [0.25, 0.3) is 0 Å². The average Bonchev–Trinajstić information content (AvgIpc) is 2.26. The molecule has 1 rings (SSSR count). The smallest absolute Gasteiger partial charge is 0.363 e. The molecule has 0 spiro atoms. The molecule has 0 saturated carbocycles. The number of amides is 2. The summed E-state index contributed by atoms with van der Waals surface area (Å²) in [4.78, 5) is 11.5. The molecule has 0 aromatic heterocycles. The second kappa shape index (κ2) is 7.93. The number of carbonyl (C=O) groups is 1. The van der Waals surface area contributed by atoms with E-state index in [9.17, 15) is 17.8 Å². The zero-order valence-electron chi connectivity index (χ0n) is 12.7. The Morgan fingerprint density at radius 3 is 2.19 bits per heavy atom. The van der Waals surface area contributed by atoms with Gasteiger partial charge in [-0.3, -0.25) is 4.18 Å². The first-order valence-corrected chi connectivity index (χ1v) is 7.25. The Labute approximate surface area is 125 Å². The normalized spacial score (nSPS) is 11.1. The van der Waals surface area contributed by atoms with E-state index in [1.165, 1.54) is 0 Å². The van der Waals surface area contributed by atoms with Gasteiger partial charge in [0.25, 0.3) is 0 Å². The monoisotopic (exact) mass is 319 g/mol. The van der Waals surface area contributed by atoms with Crippen LogP contribution in [0.2, 0.25) is 0 Å². The zero-order valence-corrected chi connectivity index (χ0v) is 13.5. The summed E-state index contributed by atoms with van der Waals surface area (Å²) in [6.07, 6.45) is 0. The van der Waals surface area contributed by atoms with Crippen molar-refractivity contribution in [3.8, 4) is 0 Å². The van der Waals surface area contributed by atoms with Crippen molar-refractivity contribution in [2.24, 2.45) is 0 Å². The van der Waals surface area contributed by atoms with E-state index in [2.05, 4.69) is 14.9 Å². The molecular weight excluding hydrogens is 298 g/mol. The van der Waals surface area contributed by atoms with Gasteiger partial charge in [0.2, 0.25) is 10.4 Å². The van der Waals surface area contributed by atoms with E-state index in [0.29, 0.717) is 4.59 Å². The number of hydrogen-bond acceptors (Lipinski definition) is 5. The summed E-state index contributed by atoms with van der Waals surface area (Å²) in [7, 11) is 2.05. The Hall–Kier alpha value is -1.68. The molecule has 0 aliphatic rings. The fourth-order valence-electron chi connectivity index (χ4n) is 1.19. The molecule has 1 aromatic carbocycles. The molecular formula is C12H21N3O5S. The van der Waals surface area contributed by atoms with E-state index in [-0.39, 0.29) is 6.03 Å². The third-order valence-electron chi connectivity index (χ3n) is 1.92. The molecule has 0 unspecified atom stereocenters. The van der Waals surface area contributed by atoms with Gasteiger partial charge in [-0.05, 0) is 24.6 Å². The van der Waals surface area contributed by atoms with Gasteiger partial charge in [0.1, 0.15) is 0 Å². The summed E-state index contributed by atoms with van der Waals surface area (Å²) in [5.74, 6) is 0. The maximum atomic E-state index is 11.5. The molecule has 0 bridgehead atoms. The molecule has 0 radical (unpaired) electrons. The summed E-state index contributed by atoms with van der Waals surface area (Å²) in [6, 6.07) is 7.49. The molecule has 21 heavy (non-hydrogen) atoms. The van der Waals surface area contributed by atoms with Crippen LogP contribution in [0.5, 0.6) is 0 Å². The van der Waals surface area contributed by atoms with Crippen molar-refractivity contribution in [3.05, 3.63) is 29.8 Å². The van der Waals surface area contributed by atoms with Gasteiger partial charge in [0.05, 0.1) is 28.3 Å². The number of nitrogens with one attached hydrogen (secondary N) is 2. The fourth-order valence-corrected chi connectivity index (χ4v) is 1.19. The predicted octanol–water partition coefficient (Wildman–Crippen LogP) is 0.831. The number of rotatable bonds is 3. The van der Waals surface area contributed by atoms with Crippen molar-refractivity contribution < 1.29 is 26.5 Å². The fraction of sp³-hybridized carbons (Fsp3) is 0.417. The predicted molar refractivity (Wildman–Crippen MR) is 78.1 cm³/mol. The third-order valence-corrected chi connectivity index (χ3v) is 2.33. The number of hydrogen-bond donors (Lipinski definition) is 2. The number of nitrogens with zero attached hydrogens (tertiary/aromatic N) is 1. The maximum absolute atomic E-state index is 11.5. The second-order valence-corrected chi connectivity index (χ2v) is 6.17. The van der Waals surface area contributed by atoms with Gasteiger partial charge in [-0.2, -0.15) is 5.43 Å². The SMILES string of the molecule is COS(=O)(=O)[O-].Cc1cccc(NC(=O)N[N+](C)(C)C)c1. The van der Waals surface area contributed by atoms with Crippen molar-refractivity contribution in [1.82, 2.24) is 5.43 Å². The number of aryl methyl sites for hydroxylation is 1. The van der Waals surface area contributed by atoms with Gasteiger partial charge in [0.15, 0.2) is 0 Å². The summed E-state index contributed by atoms with van der Waals surface area (Å²) in [6.45, 7) is 1.99. The highest BCUT2D eigenvalue weighted by molar-refractivity contribution is 7.80. The molecule has 2 amide bonds. The summed E-state index contributed by atoms with van der Waals surface area (Å²) in [5.41, 5.74) is 4.70. The Balaban J connectivity index is 0.000000567. The van der Waals surface area contributed by atoms with Crippen molar-refractivity contribution in [1.29, 1.82) is 0 Å². The third kappa shape index (κ3) is 11.8. The van der Waals surface area contributed by atoms with E-state index in [4.69, 9.17) is 0 Å². The van der Waals surface area contributed by atoms with Crippen LogP contribution < -0.4 is 10.7 Å². The van der Waals surface area contributed by atoms with Crippen LogP contribution in [0.4, 0.5) is 10.5 Å². The van der Waals surface area contributed by atoms with Gasteiger partial charge >= 0.3 is 6.03 Å². The van der Waals surface area contributed by atoms with Crippen molar-refractivity contribution in [2.75, 3.05) is 33.6 Å². The Morgan fingerprint density at radius 1 is 1.29 bits per heavy atom. The standard InChI is InChI=1S/C11H17N3O.CH4O4S/c1-9-6-5-7-10(8-9)12-11(15)13-14(2,3)4;1-5-6(2,3)4/h5-8H,1-4H3,(H-,12,13,15);1H3,(H,2,3,4). The lowest BCUT2D eigenvalue weighted by Gasteiger charge is -2.23. The highest BCUT2D eigenvalue weighted by Gasteiger charge is 2.11.